The van der Waals surface area contributed by atoms with Crippen LogP contribution in [-0.4, -0.2) is 17.3 Å². The van der Waals surface area contributed by atoms with Gasteiger partial charge in [-0.15, -0.1) is 0 Å². The van der Waals surface area contributed by atoms with Gasteiger partial charge in [0, 0.05) is 12.5 Å². The lowest BCUT2D eigenvalue weighted by Gasteiger charge is -2.16. The van der Waals surface area contributed by atoms with Gasteiger partial charge in [0.25, 0.3) is 0 Å². The van der Waals surface area contributed by atoms with E-state index >= 15 is 0 Å². The number of hydrogen-bond acceptors (Lipinski definition) is 2. The molecule has 1 N–H and O–H groups in total. The smallest absolute Gasteiger partial charge is 0.162 e. The van der Waals surface area contributed by atoms with Gasteiger partial charge >= 0.3 is 0 Å². The van der Waals surface area contributed by atoms with Crippen molar-refractivity contribution in [3.05, 3.63) is 29.8 Å². The highest BCUT2D eigenvalue weighted by Gasteiger charge is 2.12. The molecular weight excluding hydrogens is 202 g/mol. The number of benzene rings is 1. The fourth-order valence-electron chi connectivity index (χ4n) is 0.985. The summed E-state index contributed by atoms with van der Waals surface area (Å²) in [4.78, 5) is 0. The van der Waals surface area contributed by atoms with Gasteiger partial charge in [-0.2, -0.15) is 0 Å². The molecule has 4 heteroatoms. The fraction of sp³-hybridized carbons (Fsp3) is 0.455. The molecule has 0 unspecified atom stereocenters. The lowest BCUT2D eigenvalue weighted by molar-refractivity contribution is 0.0553. The molecule has 15 heavy (non-hydrogen) atoms. The van der Waals surface area contributed by atoms with Crippen molar-refractivity contribution in [2.24, 2.45) is 0 Å². The largest absolute Gasteiger partial charge is 0.493 e. The third-order valence-corrected chi connectivity index (χ3v) is 1.87. The topological polar surface area (TPSA) is 29.5 Å². The molecule has 0 amide bonds. The van der Waals surface area contributed by atoms with Gasteiger partial charge in [0.1, 0.15) is 5.75 Å². The van der Waals surface area contributed by atoms with Crippen molar-refractivity contribution >= 4 is 0 Å². The van der Waals surface area contributed by atoms with Gasteiger partial charge in [0.15, 0.2) is 11.6 Å². The molecule has 0 heterocycles. The Kier molecular flexibility index (Phi) is 3.63. The molecule has 84 valence electrons. The van der Waals surface area contributed by atoms with Crippen LogP contribution >= 0.6 is 0 Å². The molecule has 1 aromatic rings. The van der Waals surface area contributed by atoms with Gasteiger partial charge in [-0.25, -0.2) is 8.78 Å². The van der Waals surface area contributed by atoms with E-state index in [2.05, 4.69) is 0 Å². The SMILES string of the molecule is CC(C)(O)CCOc1ccc(F)c(F)c1. The first-order valence-electron chi connectivity index (χ1n) is 4.69. The van der Waals surface area contributed by atoms with Gasteiger partial charge in [0.05, 0.1) is 12.2 Å². The van der Waals surface area contributed by atoms with Crippen LogP contribution in [0.4, 0.5) is 8.78 Å². The van der Waals surface area contributed by atoms with Crippen LogP contribution in [0.25, 0.3) is 0 Å². The number of halogens is 2. The van der Waals surface area contributed by atoms with Gasteiger partial charge in [-0.05, 0) is 26.0 Å². The summed E-state index contributed by atoms with van der Waals surface area (Å²) in [6, 6.07) is 3.34. The van der Waals surface area contributed by atoms with E-state index in [0.717, 1.165) is 12.1 Å². The van der Waals surface area contributed by atoms with Gasteiger partial charge in [-0.3, -0.25) is 0 Å². The molecule has 1 rings (SSSR count). The minimum Gasteiger partial charge on any atom is -0.493 e. The van der Waals surface area contributed by atoms with E-state index in [4.69, 9.17) is 4.74 Å². The zero-order valence-electron chi connectivity index (χ0n) is 8.76. The lowest BCUT2D eigenvalue weighted by Crippen LogP contribution is -2.21. The Balaban J connectivity index is 2.48. The Morgan fingerprint density at radius 1 is 1.27 bits per heavy atom. The van der Waals surface area contributed by atoms with Crippen molar-refractivity contribution in [1.82, 2.24) is 0 Å². The molecule has 2 nitrogen and oxygen atoms in total. The van der Waals surface area contributed by atoms with Crippen LogP contribution in [0, 0.1) is 11.6 Å². The van der Waals surface area contributed by atoms with Crippen LogP contribution in [0.1, 0.15) is 20.3 Å². The van der Waals surface area contributed by atoms with E-state index in [-0.39, 0.29) is 12.4 Å². The predicted molar refractivity (Wildman–Crippen MR) is 52.8 cm³/mol. The Hall–Kier alpha value is -1.16. The van der Waals surface area contributed by atoms with E-state index in [9.17, 15) is 13.9 Å². The maximum Gasteiger partial charge on any atom is 0.162 e. The molecule has 0 aliphatic carbocycles. The zero-order chi connectivity index (χ0) is 11.5. The zero-order valence-corrected chi connectivity index (χ0v) is 8.76. The summed E-state index contributed by atoms with van der Waals surface area (Å²) < 4.78 is 30.4. The molecule has 0 radical (unpaired) electrons. The van der Waals surface area contributed by atoms with Crippen molar-refractivity contribution in [2.75, 3.05) is 6.61 Å². The van der Waals surface area contributed by atoms with Crippen molar-refractivity contribution in [3.8, 4) is 5.75 Å². The first-order valence-corrected chi connectivity index (χ1v) is 4.69. The summed E-state index contributed by atoms with van der Waals surface area (Å²) >= 11 is 0. The van der Waals surface area contributed by atoms with Gasteiger partial charge in [-0.1, -0.05) is 0 Å². The van der Waals surface area contributed by atoms with Crippen molar-refractivity contribution in [3.63, 3.8) is 0 Å². The molecule has 0 bridgehead atoms. The number of hydrogen-bond donors (Lipinski definition) is 1. The van der Waals surface area contributed by atoms with Gasteiger partial charge in [0.2, 0.25) is 0 Å². The molecule has 0 fully saturated rings. The van der Waals surface area contributed by atoms with Crippen LogP contribution in [0.5, 0.6) is 5.75 Å². The molecule has 1 aromatic carbocycles. The van der Waals surface area contributed by atoms with E-state index in [1.807, 2.05) is 0 Å². The highest BCUT2D eigenvalue weighted by atomic mass is 19.2. The summed E-state index contributed by atoms with van der Waals surface area (Å²) in [6.45, 7) is 3.57. The van der Waals surface area contributed by atoms with E-state index in [1.54, 1.807) is 13.8 Å². The Morgan fingerprint density at radius 3 is 2.47 bits per heavy atom. The Bertz CT molecular complexity index is 332. The van der Waals surface area contributed by atoms with Crippen LogP contribution in [-0.2, 0) is 0 Å². The van der Waals surface area contributed by atoms with E-state index in [0.29, 0.717) is 6.42 Å². The highest BCUT2D eigenvalue weighted by Crippen LogP contribution is 2.16. The number of aliphatic hydroxyl groups is 1. The average molecular weight is 216 g/mol. The monoisotopic (exact) mass is 216 g/mol. The molecule has 0 aliphatic rings. The standard InChI is InChI=1S/C11H14F2O2/c1-11(2,14)5-6-15-8-3-4-9(12)10(13)7-8/h3-4,7,14H,5-6H2,1-2H3. The van der Waals surface area contributed by atoms with Gasteiger partial charge < -0.3 is 9.84 Å². The summed E-state index contributed by atoms with van der Waals surface area (Å²) in [7, 11) is 0. The number of ether oxygens (including phenoxy) is 1. The lowest BCUT2D eigenvalue weighted by atomic mass is 10.1. The fourth-order valence-corrected chi connectivity index (χ4v) is 0.985. The Morgan fingerprint density at radius 2 is 1.93 bits per heavy atom. The third-order valence-electron chi connectivity index (χ3n) is 1.87. The quantitative estimate of drug-likeness (QED) is 0.837. The Labute approximate surface area is 87.5 Å². The summed E-state index contributed by atoms with van der Waals surface area (Å²) in [5, 5.41) is 9.38. The summed E-state index contributed by atoms with van der Waals surface area (Å²) in [5.74, 6) is -1.57. The van der Waals surface area contributed by atoms with Crippen molar-refractivity contribution < 1.29 is 18.6 Å². The average Bonchev–Trinajstić information content (AvgIpc) is 2.09. The second-order valence-electron chi connectivity index (χ2n) is 3.99. The first kappa shape index (κ1) is 11.9. The van der Waals surface area contributed by atoms with Crippen LogP contribution in [0.2, 0.25) is 0 Å². The van der Waals surface area contributed by atoms with Crippen molar-refractivity contribution in [2.45, 2.75) is 25.9 Å². The van der Waals surface area contributed by atoms with Crippen LogP contribution in [0.3, 0.4) is 0 Å². The maximum atomic E-state index is 12.7. The van der Waals surface area contributed by atoms with E-state index < -0.39 is 17.2 Å². The third kappa shape index (κ3) is 4.25. The molecule has 0 spiro atoms. The van der Waals surface area contributed by atoms with Crippen molar-refractivity contribution in [1.29, 1.82) is 0 Å². The first-order chi connectivity index (χ1) is 6.88. The maximum absolute atomic E-state index is 12.7. The number of rotatable bonds is 4. The minimum atomic E-state index is -0.934. The molecule has 0 atom stereocenters. The van der Waals surface area contributed by atoms with Crippen LogP contribution < -0.4 is 4.74 Å². The molecule has 0 saturated carbocycles. The molecule has 0 aromatic heterocycles. The molecule has 0 saturated heterocycles. The second kappa shape index (κ2) is 4.57. The normalized spacial score (nSPS) is 11.5. The highest BCUT2D eigenvalue weighted by molar-refractivity contribution is 5.23. The second-order valence-corrected chi connectivity index (χ2v) is 3.99. The van der Waals surface area contributed by atoms with Crippen LogP contribution in [0.15, 0.2) is 18.2 Å². The summed E-state index contributed by atoms with van der Waals surface area (Å²) in [6.07, 6.45) is 0.423. The molecular formula is C11H14F2O2. The predicted octanol–water partition coefficient (Wildman–Crippen LogP) is 2.50. The summed E-state index contributed by atoms with van der Waals surface area (Å²) in [5.41, 5.74) is -0.821. The minimum absolute atomic E-state index is 0.259. The molecule has 0 aliphatic heterocycles. The van der Waals surface area contributed by atoms with E-state index in [1.165, 1.54) is 6.07 Å².